The molecule has 0 atom stereocenters. The first kappa shape index (κ1) is 14.3. The lowest BCUT2D eigenvalue weighted by Gasteiger charge is -2.05. The van der Waals surface area contributed by atoms with E-state index >= 15 is 0 Å². The van der Waals surface area contributed by atoms with Gasteiger partial charge in [0.25, 0.3) is 0 Å². The van der Waals surface area contributed by atoms with E-state index in [4.69, 9.17) is 23.2 Å². The molecule has 21 heavy (non-hydrogen) atoms. The van der Waals surface area contributed by atoms with Gasteiger partial charge in [-0.25, -0.2) is 4.52 Å². The SMILES string of the molecule is CCc1nnc2c(-c3ccc(Cl)c(Cl)c3)c(C)nn2c1C. The maximum Gasteiger partial charge on any atom is 0.185 e. The molecule has 108 valence electrons. The lowest BCUT2D eigenvalue weighted by molar-refractivity contribution is 0.792. The van der Waals surface area contributed by atoms with Crippen LogP contribution in [-0.4, -0.2) is 19.8 Å². The molecule has 2 aromatic heterocycles. The van der Waals surface area contributed by atoms with Crippen molar-refractivity contribution in [1.82, 2.24) is 19.8 Å². The minimum absolute atomic E-state index is 0.516. The summed E-state index contributed by atoms with van der Waals surface area (Å²) >= 11 is 12.1. The molecule has 3 rings (SSSR count). The van der Waals surface area contributed by atoms with Gasteiger partial charge in [0.15, 0.2) is 5.65 Å². The first-order chi connectivity index (χ1) is 10.0. The van der Waals surface area contributed by atoms with Crippen LogP contribution in [0.5, 0.6) is 0 Å². The number of aryl methyl sites for hydroxylation is 3. The van der Waals surface area contributed by atoms with Crippen LogP contribution in [0.1, 0.15) is 24.0 Å². The molecule has 0 unspecified atom stereocenters. The first-order valence-electron chi connectivity index (χ1n) is 6.69. The molecule has 2 heterocycles. The number of hydrogen-bond donors (Lipinski definition) is 0. The summed E-state index contributed by atoms with van der Waals surface area (Å²) < 4.78 is 1.85. The highest BCUT2D eigenvalue weighted by atomic mass is 35.5. The Morgan fingerprint density at radius 3 is 2.52 bits per heavy atom. The Hall–Kier alpha value is -1.65. The van der Waals surface area contributed by atoms with Gasteiger partial charge in [-0.15, -0.1) is 5.10 Å². The molecule has 0 saturated carbocycles. The van der Waals surface area contributed by atoms with Gasteiger partial charge in [-0.05, 0) is 38.0 Å². The largest absolute Gasteiger partial charge is 0.215 e. The predicted octanol–water partition coefficient (Wildman–Crippen LogP) is 4.28. The Kier molecular flexibility index (Phi) is 3.59. The number of fused-ring (bicyclic) bond motifs is 1. The van der Waals surface area contributed by atoms with E-state index in [1.165, 1.54) is 0 Å². The van der Waals surface area contributed by atoms with Crippen molar-refractivity contribution in [3.05, 3.63) is 45.3 Å². The minimum Gasteiger partial charge on any atom is -0.215 e. The average Bonchev–Trinajstić information content (AvgIpc) is 2.80. The lowest BCUT2D eigenvalue weighted by Crippen LogP contribution is -2.04. The van der Waals surface area contributed by atoms with E-state index < -0.39 is 0 Å². The summed E-state index contributed by atoms with van der Waals surface area (Å²) in [6.07, 6.45) is 0.829. The number of hydrogen-bond acceptors (Lipinski definition) is 3. The van der Waals surface area contributed by atoms with E-state index in [2.05, 4.69) is 22.2 Å². The van der Waals surface area contributed by atoms with Gasteiger partial charge in [0.1, 0.15) is 0 Å². The quantitative estimate of drug-likeness (QED) is 0.707. The van der Waals surface area contributed by atoms with Crippen molar-refractivity contribution in [1.29, 1.82) is 0 Å². The molecule has 6 heteroatoms. The molecule has 4 nitrogen and oxygen atoms in total. The average molecular weight is 321 g/mol. The van der Waals surface area contributed by atoms with Crippen LogP contribution in [0, 0.1) is 13.8 Å². The fourth-order valence-corrected chi connectivity index (χ4v) is 2.76. The van der Waals surface area contributed by atoms with Gasteiger partial charge in [0.05, 0.1) is 32.7 Å². The normalized spacial score (nSPS) is 11.3. The van der Waals surface area contributed by atoms with Gasteiger partial charge in [0.2, 0.25) is 0 Å². The third-order valence-corrected chi connectivity index (χ3v) is 4.32. The molecular formula is C15H14Cl2N4. The number of halogens is 2. The van der Waals surface area contributed by atoms with Crippen LogP contribution < -0.4 is 0 Å². The number of nitrogens with zero attached hydrogens (tertiary/aromatic N) is 4. The second kappa shape index (κ2) is 5.28. The van der Waals surface area contributed by atoms with Crippen LogP contribution in [-0.2, 0) is 6.42 Å². The Balaban J connectivity index is 2.30. The molecule has 0 aliphatic heterocycles. The molecule has 0 amide bonds. The second-order valence-corrected chi connectivity index (χ2v) is 5.72. The Morgan fingerprint density at radius 2 is 1.86 bits per heavy atom. The molecule has 0 bridgehead atoms. The zero-order valence-corrected chi connectivity index (χ0v) is 13.5. The Bertz CT molecular complexity index is 839. The summed E-state index contributed by atoms with van der Waals surface area (Å²) in [4.78, 5) is 0. The second-order valence-electron chi connectivity index (χ2n) is 4.91. The van der Waals surface area contributed by atoms with Gasteiger partial charge in [0, 0.05) is 0 Å². The Labute approximate surface area is 132 Å². The van der Waals surface area contributed by atoms with E-state index in [1.54, 1.807) is 6.07 Å². The van der Waals surface area contributed by atoms with Crippen molar-refractivity contribution in [2.75, 3.05) is 0 Å². The van der Waals surface area contributed by atoms with Gasteiger partial charge in [-0.2, -0.15) is 10.2 Å². The molecule has 0 spiro atoms. The van der Waals surface area contributed by atoms with Crippen molar-refractivity contribution >= 4 is 28.8 Å². The maximum atomic E-state index is 6.12. The summed E-state index contributed by atoms with van der Waals surface area (Å²) in [6, 6.07) is 5.53. The first-order valence-corrected chi connectivity index (χ1v) is 7.45. The minimum atomic E-state index is 0.516. The molecular weight excluding hydrogens is 307 g/mol. The van der Waals surface area contributed by atoms with Crippen LogP contribution >= 0.6 is 23.2 Å². The summed E-state index contributed by atoms with van der Waals surface area (Å²) in [6.45, 7) is 6.02. The topological polar surface area (TPSA) is 43.1 Å². The zero-order chi connectivity index (χ0) is 15.1. The van der Waals surface area contributed by atoms with Gasteiger partial charge < -0.3 is 0 Å². The summed E-state index contributed by atoms with van der Waals surface area (Å²) in [5.74, 6) is 0. The van der Waals surface area contributed by atoms with Crippen molar-refractivity contribution in [3.8, 4) is 11.1 Å². The monoisotopic (exact) mass is 320 g/mol. The van der Waals surface area contributed by atoms with Crippen LogP contribution in [0.15, 0.2) is 18.2 Å². The molecule has 3 aromatic rings. The van der Waals surface area contributed by atoms with Crippen LogP contribution in [0.25, 0.3) is 16.8 Å². The standard InChI is InChI=1S/C15H14Cl2N4/c1-4-13-9(3)21-15(19-18-13)14(8(2)20-21)10-5-6-11(16)12(17)7-10/h5-7H,4H2,1-3H3. The number of rotatable bonds is 2. The third-order valence-electron chi connectivity index (χ3n) is 3.58. The van der Waals surface area contributed by atoms with Gasteiger partial charge in [-0.1, -0.05) is 36.2 Å². The molecule has 0 aliphatic rings. The lowest BCUT2D eigenvalue weighted by atomic mass is 10.1. The van der Waals surface area contributed by atoms with Crippen LogP contribution in [0.3, 0.4) is 0 Å². The highest BCUT2D eigenvalue weighted by molar-refractivity contribution is 6.42. The smallest absolute Gasteiger partial charge is 0.185 e. The van der Waals surface area contributed by atoms with E-state index in [0.29, 0.717) is 10.0 Å². The van der Waals surface area contributed by atoms with E-state index in [1.807, 2.05) is 30.5 Å². The predicted molar refractivity (Wildman–Crippen MR) is 85.1 cm³/mol. The van der Waals surface area contributed by atoms with Gasteiger partial charge in [-0.3, -0.25) is 0 Å². The van der Waals surface area contributed by atoms with E-state index in [9.17, 15) is 0 Å². The van der Waals surface area contributed by atoms with E-state index in [0.717, 1.165) is 40.3 Å². The molecule has 0 aliphatic carbocycles. The van der Waals surface area contributed by atoms with Crippen molar-refractivity contribution < 1.29 is 0 Å². The fraction of sp³-hybridized carbons (Fsp3) is 0.267. The molecule has 0 N–H and O–H groups in total. The van der Waals surface area contributed by atoms with Crippen molar-refractivity contribution in [2.45, 2.75) is 27.2 Å². The van der Waals surface area contributed by atoms with Gasteiger partial charge >= 0.3 is 0 Å². The van der Waals surface area contributed by atoms with Crippen molar-refractivity contribution in [2.24, 2.45) is 0 Å². The zero-order valence-electron chi connectivity index (χ0n) is 12.0. The molecule has 0 saturated heterocycles. The van der Waals surface area contributed by atoms with E-state index in [-0.39, 0.29) is 0 Å². The maximum absolute atomic E-state index is 6.12. The summed E-state index contributed by atoms with van der Waals surface area (Å²) in [5.41, 5.74) is 5.46. The number of aromatic nitrogens is 4. The Morgan fingerprint density at radius 1 is 1.10 bits per heavy atom. The summed E-state index contributed by atoms with van der Waals surface area (Å²) in [7, 11) is 0. The molecule has 0 radical (unpaired) electrons. The highest BCUT2D eigenvalue weighted by Gasteiger charge is 2.17. The highest BCUT2D eigenvalue weighted by Crippen LogP contribution is 2.32. The fourth-order valence-electron chi connectivity index (χ4n) is 2.46. The van der Waals surface area contributed by atoms with Crippen LogP contribution in [0.2, 0.25) is 10.0 Å². The van der Waals surface area contributed by atoms with Crippen molar-refractivity contribution in [3.63, 3.8) is 0 Å². The molecule has 0 fully saturated rings. The summed E-state index contributed by atoms with van der Waals surface area (Å²) in [5, 5.41) is 14.3. The molecule has 1 aromatic carbocycles. The third kappa shape index (κ3) is 2.28. The number of benzene rings is 1. The van der Waals surface area contributed by atoms with Crippen LogP contribution in [0.4, 0.5) is 0 Å².